The van der Waals surface area contributed by atoms with E-state index in [1.54, 1.807) is 0 Å². The molecule has 1 heterocycles. The van der Waals surface area contributed by atoms with E-state index in [0.29, 0.717) is 28.2 Å². The van der Waals surface area contributed by atoms with Crippen LogP contribution in [0, 0.1) is 12.3 Å². The van der Waals surface area contributed by atoms with Crippen molar-refractivity contribution in [3.05, 3.63) is 38.6 Å². The topological polar surface area (TPSA) is 167 Å². The quantitative estimate of drug-likeness (QED) is 0.248. The van der Waals surface area contributed by atoms with Gasteiger partial charge in [0.05, 0.1) is 47.3 Å². The fourth-order valence-corrected chi connectivity index (χ4v) is 2.86. The van der Waals surface area contributed by atoms with Crippen molar-refractivity contribution in [2.24, 2.45) is 0 Å². The molecule has 0 bridgehead atoms. The monoisotopic (exact) mass is 585 g/mol. The number of carboxylic acids is 1. The zero-order valence-corrected chi connectivity index (χ0v) is 23.9. The number of nitrogens with one attached hydrogen (secondary N) is 1. The maximum Gasteiger partial charge on any atom is 0.442 e. The molecular formula is C21H30Cl2N3O8PS. The molecule has 3 N–H and O–H groups in total. The van der Waals surface area contributed by atoms with Crippen LogP contribution in [-0.4, -0.2) is 64.0 Å². The highest BCUT2D eigenvalue weighted by atomic mass is 35.5. The van der Waals surface area contributed by atoms with Gasteiger partial charge in [0.25, 0.3) is 0 Å². The minimum atomic E-state index is -4.35. The molecule has 0 radical (unpaired) electrons. The van der Waals surface area contributed by atoms with Gasteiger partial charge in [0, 0.05) is 11.5 Å². The van der Waals surface area contributed by atoms with E-state index in [2.05, 4.69) is 29.8 Å². The van der Waals surface area contributed by atoms with Gasteiger partial charge in [-0.2, -0.15) is 4.68 Å². The average Bonchev–Trinajstić information content (AvgIpc) is 3.08. The molecule has 1 aromatic heterocycles. The van der Waals surface area contributed by atoms with Gasteiger partial charge in [0.15, 0.2) is 0 Å². The first-order chi connectivity index (χ1) is 16.4. The van der Waals surface area contributed by atoms with Crippen molar-refractivity contribution in [2.45, 2.75) is 26.2 Å². The van der Waals surface area contributed by atoms with Gasteiger partial charge in [0.1, 0.15) is 20.0 Å². The Labute approximate surface area is 222 Å². The lowest BCUT2D eigenvalue weighted by Crippen LogP contribution is -2.25. The first-order valence-corrected chi connectivity index (χ1v) is 15.0. The molecule has 0 amide bonds. The number of ether oxygens (including phenoxy) is 1. The van der Waals surface area contributed by atoms with Crippen molar-refractivity contribution in [1.82, 2.24) is 15.1 Å². The van der Waals surface area contributed by atoms with E-state index in [-0.39, 0.29) is 16.7 Å². The third kappa shape index (κ3) is 13.9. The van der Waals surface area contributed by atoms with Gasteiger partial charge < -0.3 is 28.6 Å². The zero-order valence-electron chi connectivity index (χ0n) is 20.7. The van der Waals surface area contributed by atoms with Gasteiger partial charge in [-0.05, 0) is 17.0 Å². The van der Waals surface area contributed by atoms with Crippen LogP contribution >= 0.6 is 30.8 Å². The SMILES string of the molecule is C#CCOc1cc(-n2nc(C(C)(C)C)oc2=O)c(Cl)cc1Cl.C[S+](C)C.O=C(O)CNCP(=O)([O-])O. The Hall–Kier alpha value is -1.97. The Morgan fingerprint density at radius 1 is 1.33 bits per heavy atom. The molecule has 1 aromatic carbocycles. The summed E-state index contributed by atoms with van der Waals surface area (Å²) in [5.74, 6) is 1.13. The number of hydrogen-bond donors (Lipinski definition) is 3. The molecule has 1 unspecified atom stereocenters. The van der Waals surface area contributed by atoms with Crippen LogP contribution in [0.3, 0.4) is 0 Å². The summed E-state index contributed by atoms with van der Waals surface area (Å²) in [5, 5.41) is 14.7. The zero-order chi connectivity index (χ0) is 28.3. The fraction of sp³-hybridized carbons (Fsp3) is 0.476. The normalized spacial score (nSPS) is 12.4. The lowest BCUT2D eigenvalue weighted by molar-refractivity contribution is -0.193. The summed E-state index contributed by atoms with van der Waals surface area (Å²) in [5.41, 5.74) is -0.103. The van der Waals surface area contributed by atoms with E-state index in [4.69, 9.17) is 48.8 Å². The van der Waals surface area contributed by atoms with Gasteiger partial charge >= 0.3 is 11.7 Å². The molecule has 36 heavy (non-hydrogen) atoms. The van der Waals surface area contributed by atoms with Gasteiger partial charge in [-0.1, -0.05) is 49.9 Å². The number of nitrogens with zero attached hydrogens (tertiary/aromatic N) is 2. The Balaban J connectivity index is 0.000000729. The molecule has 0 aliphatic carbocycles. The standard InChI is InChI=1S/C15H14Cl2N2O3.C3H8NO5P.C3H9S/c1-5-6-21-12-8-11(9(16)7-10(12)17)19-14(20)22-13(18-19)15(2,3)4;5-3(6)1-4-2-10(7,8)9;1-4(2)3/h1,7-8H,6H2,2-4H3;4H,1-2H2,(H,5,6)(H2,7,8,9);1-3H3/q;;+1/p-1. The van der Waals surface area contributed by atoms with E-state index in [9.17, 15) is 19.0 Å². The van der Waals surface area contributed by atoms with Gasteiger partial charge in [-0.25, -0.2) is 4.79 Å². The molecular weight excluding hydrogens is 556 g/mol. The fourth-order valence-electron chi connectivity index (χ4n) is 1.95. The summed E-state index contributed by atoms with van der Waals surface area (Å²) in [6, 6.07) is 2.96. The Kier molecular flexibility index (Phi) is 14.5. The van der Waals surface area contributed by atoms with Crippen molar-refractivity contribution in [2.75, 3.05) is 38.2 Å². The third-order valence-electron chi connectivity index (χ3n) is 3.32. The number of carboxylic acid groups (broad SMARTS) is 1. The molecule has 202 valence electrons. The first-order valence-electron chi connectivity index (χ1n) is 10.00. The Bertz CT molecular complexity index is 1150. The maximum absolute atomic E-state index is 12.0. The third-order valence-corrected chi connectivity index (χ3v) is 4.54. The lowest BCUT2D eigenvalue weighted by atomic mass is 9.97. The highest BCUT2D eigenvalue weighted by Crippen LogP contribution is 2.33. The van der Waals surface area contributed by atoms with Gasteiger partial charge in [-0.15, -0.1) is 11.5 Å². The molecule has 0 saturated heterocycles. The highest BCUT2D eigenvalue weighted by Gasteiger charge is 2.24. The second-order valence-electron chi connectivity index (χ2n) is 8.40. The molecule has 2 rings (SSSR count). The second kappa shape index (κ2) is 15.3. The molecule has 15 heteroatoms. The molecule has 2 aromatic rings. The smallest absolute Gasteiger partial charge is 0.442 e. The van der Waals surface area contributed by atoms with Gasteiger partial charge in [0.2, 0.25) is 5.89 Å². The average molecular weight is 586 g/mol. The van der Waals surface area contributed by atoms with Crippen molar-refractivity contribution in [3.63, 3.8) is 0 Å². The number of benzene rings is 1. The molecule has 0 saturated carbocycles. The summed E-state index contributed by atoms with van der Waals surface area (Å²) in [6.07, 6.45) is 11.0. The van der Waals surface area contributed by atoms with Crippen LogP contribution in [0.15, 0.2) is 21.3 Å². The number of aromatic nitrogens is 2. The van der Waals surface area contributed by atoms with E-state index < -0.39 is 37.6 Å². The van der Waals surface area contributed by atoms with Crippen LogP contribution in [0.5, 0.6) is 5.75 Å². The number of terminal acetylenes is 1. The van der Waals surface area contributed by atoms with Gasteiger partial charge in [-0.3, -0.25) is 10.1 Å². The first kappa shape index (κ1) is 34.0. The van der Waals surface area contributed by atoms with Crippen LogP contribution < -0.4 is 20.7 Å². The van der Waals surface area contributed by atoms with Crippen LogP contribution in [0.1, 0.15) is 26.7 Å². The number of carbonyl (C=O) groups is 1. The summed E-state index contributed by atoms with van der Waals surface area (Å²) in [4.78, 5) is 39.8. The summed E-state index contributed by atoms with van der Waals surface area (Å²) in [6.45, 7) is 5.21. The summed E-state index contributed by atoms with van der Waals surface area (Å²) >= 11 is 12.2. The Morgan fingerprint density at radius 2 is 1.89 bits per heavy atom. The molecule has 0 aliphatic heterocycles. The Morgan fingerprint density at radius 3 is 2.31 bits per heavy atom. The van der Waals surface area contributed by atoms with E-state index in [1.165, 1.54) is 12.1 Å². The van der Waals surface area contributed by atoms with Crippen molar-refractivity contribution in [3.8, 4) is 23.8 Å². The number of halogens is 2. The molecule has 0 aliphatic rings. The van der Waals surface area contributed by atoms with E-state index >= 15 is 0 Å². The van der Waals surface area contributed by atoms with Crippen molar-refractivity contribution >= 4 is 47.7 Å². The van der Waals surface area contributed by atoms with Crippen LogP contribution in [0.4, 0.5) is 0 Å². The summed E-state index contributed by atoms with van der Waals surface area (Å²) < 4.78 is 21.5. The lowest BCUT2D eigenvalue weighted by Gasteiger charge is -2.14. The summed E-state index contributed by atoms with van der Waals surface area (Å²) in [7, 11) is -3.71. The largest absolute Gasteiger partial charge is 0.778 e. The number of rotatable bonds is 7. The number of aliphatic carboxylic acids is 1. The second-order valence-corrected chi connectivity index (χ2v) is 13.3. The highest BCUT2D eigenvalue weighted by molar-refractivity contribution is 7.94. The minimum Gasteiger partial charge on any atom is -0.778 e. The van der Waals surface area contributed by atoms with Crippen LogP contribution in [0.2, 0.25) is 10.0 Å². The van der Waals surface area contributed by atoms with Crippen LogP contribution in [-0.2, 0) is 25.7 Å². The molecule has 1 atom stereocenters. The predicted molar refractivity (Wildman–Crippen MR) is 141 cm³/mol. The molecule has 0 fully saturated rings. The number of hydrogen-bond acceptors (Lipinski definition) is 8. The van der Waals surface area contributed by atoms with E-state index in [1.807, 2.05) is 26.1 Å². The van der Waals surface area contributed by atoms with Crippen LogP contribution in [0.25, 0.3) is 5.69 Å². The maximum atomic E-state index is 12.0. The molecule has 0 spiro atoms. The molecule has 11 nitrogen and oxygen atoms in total. The van der Waals surface area contributed by atoms with E-state index in [0.717, 1.165) is 4.68 Å². The predicted octanol–water partition coefficient (Wildman–Crippen LogP) is 2.10. The minimum absolute atomic E-state index is 0.0434. The van der Waals surface area contributed by atoms with Crippen molar-refractivity contribution < 1.29 is 33.4 Å². The van der Waals surface area contributed by atoms with Crippen molar-refractivity contribution in [1.29, 1.82) is 0 Å².